The van der Waals surface area contributed by atoms with Crippen molar-refractivity contribution in [1.82, 2.24) is 15.2 Å². The third kappa shape index (κ3) is 11.5. The number of aliphatic hydroxyl groups is 1. The lowest BCUT2D eigenvalue weighted by atomic mass is 9.99. The molecule has 1 saturated heterocycles. The van der Waals surface area contributed by atoms with Crippen LogP contribution in [0, 0.1) is 0 Å². The Bertz CT molecular complexity index is 1630. The number of unbranched alkanes of at least 4 members (excludes halogenated alkanes) is 2. The maximum atomic E-state index is 12.5. The number of nitrogens with zero attached hydrogens (tertiary/aromatic N) is 2. The Morgan fingerprint density at radius 1 is 0.860 bits per heavy atom. The number of carbonyl (C=O) groups excluding carboxylic acids is 2. The van der Waals surface area contributed by atoms with Gasteiger partial charge in [0.05, 0.1) is 30.2 Å². The molecule has 4 aromatic rings. The average molecular weight is 680 g/mol. The van der Waals surface area contributed by atoms with Gasteiger partial charge in [-0.3, -0.25) is 14.6 Å². The zero-order valence-electron chi connectivity index (χ0n) is 28.8. The number of pyridine rings is 1. The van der Waals surface area contributed by atoms with Crippen LogP contribution in [0.3, 0.4) is 0 Å². The van der Waals surface area contributed by atoms with Crippen LogP contribution >= 0.6 is 0 Å². The van der Waals surface area contributed by atoms with Crippen molar-refractivity contribution in [3.05, 3.63) is 125 Å². The van der Waals surface area contributed by atoms with E-state index in [2.05, 4.69) is 27.6 Å². The van der Waals surface area contributed by atoms with Gasteiger partial charge in [-0.2, -0.15) is 0 Å². The van der Waals surface area contributed by atoms with Crippen LogP contribution in [0.5, 0.6) is 0 Å². The lowest BCUT2D eigenvalue weighted by Gasteiger charge is -2.38. The van der Waals surface area contributed by atoms with E-state index in [0.717, 1.165) is 53.9 Å². The first-order valence-corrected chi connectivity index (χ1v) is 17.4. The summed E-state index contributed by atoms with van der Waals surface area (Å²) in [5, 5.41) is 15.4. The first-order valence-electron chi connectivity index (χ1n) is 17.4. The van der Waals surface area contributed by atoms with Crippen LogP contribution in [0.25, 0.3) is 0 Å². The molecule has 2 heterocycles. The van der Waals surface area contributed by atoms with Crippen molar-refractivity contribution in [3.63, 3.8) is 0 Å². The van der Waals surface area contributed by atoms with Crippen LogP contribution in [0.2, 0.25) is 0 Å². The van der Waals surface area contributed by atoms with E-state index < -0.39 is 6.29 Å². The normalized spacial score (nSPS) is 17.4. The number of aliphatic hydroxyl groups excluding tert-OH is 1. The third-order valence-corrected chi connectivity index (χ3v) is 8.89. The smallest absolute Gasteiger partial charge is 0.224 e. The molecule has 1 fully saturated rings. The van der Waals surface area contributed by atoms with Gasteiger partial charge in [0.2, 0.25) is 11.8 Å². The third-order valence-electron chi connectivity index (χ3n) is 8.89. The minimum absolute atomic E-state index is 0.000239. The van der Waals surface area contributed by atoms with Crippen LogP contribution < -0.4 is 16.4 Å². The van der Waals surface area contributed by atoms with Gasteiger partial charge in [0.1, 0.15) is 0 Å². The number of nitrogen functional groups attached to an aromatic ring is 1. The lowest BCUT2D eigenvalue weighted by Crippen LogP contribution is -2.38. The van der Waals surface area contributed by atoms with Crippen LogP contribution in [-0.2, 0) is 38.6 Å². The average Bonchev–Trinajstić information content (AvgIpc) is 3.14. The van der Waals surface area contributed by atoms with Gasteiger partial charge in [-0.25, -0.2) is 0 Å². The summed E-state index contributed by atoms with van der Waals surface area (Å²) in [7, 11) is 2.10. The van der Waals surface area contributed by atoms with E-state index in [1.807, 2.05) is 85.1 Å². The van der Waals surface area contributed by atoms with Gasteiger partial charge in [-0.15, -0.1) is 0 Å². The SMILES string of the molecule is CN(CCc1ccccn1)C[C@H]1C[C@@H](c2ccc(CO)cc2)O[C@@H](c2ccc(CNC(=O)CCCCCC(=O)Nc3ccccc3N)cc2)O1. The Hall–Kier alpha value is -4.61. The molecule has 0 spiro atoms. The second-order valence-electron chi connectivity index (χ2n) is 12.9. The summed E-state index contributed by atoms with van der Waals surface area (Å²) in [5.74, 6) is -0.0916. The zero-order chi connectivity index (χ0) is 35.1. The Morgan fingerprint density at radius 3 is 2.28 bits per heavy atom. The number of nitrogens with two attached hydrogens (primary N) is 1. The fourth-order valence-electron chi connectivity index (χ4n) is 5.98. The molecule has 10 heteroatoms. The number of benzene rings is 3. The summed E-state index contributed by atoms with van der Waals surface area (Å²) in [5.41, 5.74) is 11.9. The van der Waals surface area contributed by atoms with Gasteiger partial charge in [-0.05, 0) is 60.8 Å². The molecular formula is C40H49N5O5. The molecular weight excluding hydrogens is 630 g/mol. The van der Waals surface area contributed by atoms with Crippen molar-refractivity contribution < 1.29 is 24.2 Å². The largest absolute Gasteiger partial charge is 0.397 e. The van der Waals surface area contributed by atoms with Crippen LogP contribution in [-0.4, -0.2) is 53.0 Å². The number of para-hydroxylation sites is 2. The molecule has 1 aliphatic rings. The van der Waals surface area contributed by atoms with Crippen LogP contribution in [0.4, 0.5) is 11.4 Å². The fraction of sp³-hybridized carbons (Fsp3) is 0.375. The lowest BCUT2D eigenvalue weighted by molar-refractivity contribution is -0.252. The maximum Gasteiger partial charge on any atom is 0.224 e. The number of hydrogen-bond acceptors (Lipinski definition) is 8. The second-order valence-corrected chi connectivity index (χ2v) is 12.9. The number of amides is 2. The fourth-order valence-corrected chi connectivity index (χ4v) is 5.98. The van der Waals surface area contributed by atoms with Gasteiger partial charge < -0.3 is 35.8 Å². The predicted molar refractivity (Wildman–Crippen MR) is 195 cm³/mol. The van der Waals surface area contributed by atoms with Gasteiger partial charge in [0, 0.05) is 62.8 Å². The molecule has 0 radical (unpaired) electrons. The summed E-state index contributed by atoms with van der Waals surface area (Å²) >= 11 is 0. The van der Waals surface area contributed by atoms with Crippen molar-refractivity contribution in [2.45, 2.75) is 76.6 Å². The van der Waals surface area contributed by atoms with Crippen molar-refractivity contribution >= 4 is 23.2 Å². The number of rotatable bonds is 17. The summed E-state index contributed by atoms with van der Waals surface area (Å²) in [6.07, 6.45) is 5.64. The van der Waals surface area contributed by atoms with Gasteiger partial charge in [0.15, 0.2) is 6.29 Å². The molecule has 3 atom stereocenters. The van der Waals surface area contributed by atoms with Crippen molar-refractivity contribution in [3.8, 4) is 0 Å². The van der Waals surface area contributed by atoms with E-state index >= 15 is 0 Å². The first kappa shape index (κ1) is 36.7. The number of hydrogen-bond donors (Lipinski definition) is 4. The Morgan fingerprint density at radius 2 is 1.56 bits per heavy atom. The molecule has 50 heavy (non-hydrogen) atoms. The molecule has 0 bridgehead atoms. The minimum Gasteiger partial charge on any atom is -0.397 e. The minimum atomic E-state index is -0.545. The predicted octanol–water partition coefficient (Wildman–Crippen LogP) is 6.08. The Labute approximate surface area is 295 Å². The van der Waals surface area contributed by atoms with Crippen molar-refractivity contribution in [2.24, 2.45) is 0 Å². The molecule has 2 amide bonds. The Kier molecular flexibility index (Phi) is 13.9. The topological polar surface area (TPSA) is 139 Å². The van der Waals surface area contributed by atoms with Crippen molar-refractivity contribution in [2.75, 3.05) is 31.2 Å². The number of ether oxygens (including phenoxy) is 2. The second kappa shape index (κ2) is 19.0. The molecule has 1 aliphatic heterocycles. The van der Waals surface area contributed by atoms with E-state index in [-0.39, 0.29) is 30.6 Å². The molecule has 264 valence electrons. The molecule has 0 aliphatic carbocycles. The molecule has 5 N–H and O–H groups in total. The first-order chi connectivity index (χ1) is 24.4. The molecule has 3 aromatic carbocycles. The van der Waals surface area contributed by atoms with Gasteiger partial charge in [-0.1, -0.05) is 73.2 Å². The Balaban J connectivity index is 1.08. The quantitative estimate of drug-likeness (QED) is 0.0778. The molecule has 10 nitrogen and oxygen atoms in total. The summed E-state index contributed by atoms with van der Waals surface area (Å²) in [4.78, 5) is 31.4. The highest BCUT2D eigenvalue weighted by Gasteiger charge is 2.32. The molecule has 0 saturated carbocycles. The van der Waals surface area contributed by atoms with Crippen LogP contribution in [0.15, 0.2) is 97.2 Å². The highest BCUT2D eigenvalue weighted by Crippen LogP contribution is 2.38. The monoisotopic (exact) mass is 679 g/mol. The molecule has 0 unspecified atom stereocenters. The zero-order valence-corrected chi connectivity index (χ0v) is 28.8. The molecule has 1 aromatic heterocycles. The molecule has 5 rings (SSSR count). The van der Waals surface area contributed by atoms with Crippen molar-refractivity contribution in [1.29, 1.82) is 0 Å². The van der Waals surface area contributed by atoms with E-state index in [1.165, 1.54) is 0 Å². The summed E-state index contributed by atoms with van der Waals surface area (Å²) in [6, 6.07) is 29.1. The highest BCUT2D eigenvalue weighted by atomic mass is 16.7. The van der Waals surface area contributed by atoms with E-state index in [9.17, 15) is 14.7 Å². The van der Waals surface area contributed by atoms with Gasteiger partial charge in [0.25, 0.3) is 0 Å². The van der Waals surface area contributed by atoms with E-state index in [1.54, 1.807) is 12.1 Å². The van der Waals surface area contributed by atoms with E-state index in [4.69, 9.17) is 15.2 Å². The standard InChI is InChI=1S/C40H49N5O5/c1-45(24-22-33-9-7-8-23-42-33)27-34-25-37(31-18-16-30(28-46)17-19-31)50-40(49-34)32-20-14-29(15-21-32)26-43-38(47)12-3-2-4-13-39(48)44-36-11-6-5-10-35(36)41/h5-11,14-21,23,34,37,40,46H,2-4,12-13,22,24-28,41H2,1H3,(H,43,47)(H,44,48)/t34-,37+,40+/m1/s1. The summed E-state index contributed by atoms with van der Waals surface area (Å²) < 4.78 is 13.0. The number of anilines is 2. The van der Waals surface area contributed by atoms with E-state index in [0.29, 0.717) is 50.0 Å². The number of nitrogens with one attached hydrogen (secondary N) is 2. The highest BCUT2D eigenvalue weighted by molar-refractivity contribution is 5.93. The number of carbonyl (C=O) groups is 2. The number of likely N-dealkylation sites (N-methyl/N-ethyl adjacent to an activating group) is 1. The maximum absolute atomic E-state index is 12.5. The summed E-state index contributed by atoms with van der Waals surface area (Å²) in [6.45, 7) is 2.04. The number of aromatic nitrogens is 1. The van der Waals surface area contributed by atoms with Gasteiger partial charge >= 0.3 is 0 Å². The van der Waals surface area contributed by atoms with Crippen LogP contribution in [0.1, 0.15) is 78.9 Å².